The number of amides is 1. The number of anilines is 1. The van der Waals surface area contributed by atoms with Crippen LogP contribution in [0, 0.1) is 5.92 Å². The Hall–Kier alpha value is -3.41. The van der Waals surface area contributed by atoms with E-state index in [0.717, 1.165) is 50.2 Å². The second-order valence-corrected chi connectivity index (χ2v) is 9.18. The van der Waals surface area contributed by atoms with Gasteiger partial charge in [-0.1, -0.05) is 49.4 Å². The molecule has 2 aromatic carbocycles. The Morgan fingerprint density at radius 2 is 1.82 bits per heavy atom. The Labute approximate surface area is 201 Å². The molecule has 34 heavy (non-hydrogen) atoms. The van der Waals surface area contributed by atoms with Crippen molar-refractivity contribution < 1.29 is 4.79 Å². The molecule has 0 radical (unpaired) electrons. The van der Waals surface area contributed by atoms with Crippen LogP contribution in [-0.4, -0.2) is 34.8 Å². The number of aryl methyl sites for hydroxylation is 2. The summed E-state index contributed by atoms with van der Waals surface area (Å²) >= 11 is 0. The van der Waals surface area contributed by atoms with E-state index in [-0.39, 0.29) is 23.4 Å². The number of carbonyl (C=O) groups is 1. The predicted molar refractivity (Wildman–Crippen MR) is 137 cm³/mol. The first kappa shape index (κ1) is 23.7. The first-order valence-electron chi connectivity index (χ1n) is 12.3. The Kier molecular flexibility index (Phi) is 7.78. The van der Waals surface area contributed by atoms with Crippen molar-refractivity contribution in [2.75, 3.05) is 18.0 Å². The van der Waals surface area contributed by atoms with Crippen LogP contribution in [0.1, 0.15) is 44.2 Å². The summed E-state index contributed by atoms with van der Waals surface area (Å²) in [6.45, 7) is 5.61. The molecule has 1 amide bonds. The summed E-state index contributed by atoms with van der Waals surface area (Å²) < 4.78 is 1.45. The Morgan fingerprint density at radius 3 is 2.56 bits per heavy atom. The van der Waals surface area contributed by atoms with E-state index in [1.54, 1.807) is 12.1 Å². The molecule has 1 aromatic heterocycles. The largest absolute Gasteiger partial charge is 0.354 e. The van der Waals surface area contributed by atoms with E-state index in [4.69, 9.17) is 0 Å². The van der Waals surface area contributed by atoms with Gasteiger partial charge in [0, 0.05) is 25.2 Å². The van der Waals surface area contributed by atoms with Gasteiger partial charge in [-0.2, -0.15) is 4.68 Å². The van der Waals surface area contributed by atoms with Crippen molar-refractivity contribution in [1.29, 1.82) is 0 Å². The van der Waals surface area contributed by atoms with Crippen LogP contribution in [0.2, 0.25) is 0 Å². The summed E-state index contributed by atoms with van der Waals surface area (Å²) in [6, 6.07) is 21.7. The van der Waals surface area contributed by atoms with Gasteiger partial charge in [-0.3, -0.25) is 9.59 Å². The third kappa shape index (κ3) is 5.93. The normalized spacial score (nSPS) is 16.8. The maximum atomic E-state index is 13.0. The van der Waals surface area contributed by atoms with Gasteiger partial charge in [0.05, 0.1) is 11.6 Å². The van der Waals surface area contributed by atoms with Crippen molar-refractivity contribution in [3.63, 3.8) is 0 Å². The molecule has 1 aliphatic rings. The second kappa shape index (κ2) is 11.1. The summed E-state index contributed by atoms with van der Waals surface area (Å²) in [4.78, 5) is 27.6. The van der Waals surface area contributed by atoms with Crippen molar-refractivity contribution in [1.82, 2.24) is 15.1 Å². The van der Waals surface area contributed by atoms with Gasteiger partial charge in [-0.05, 0) is 68.4 Å². The Bertz CT molecular complexity index is 1140. The van der Waals surface area contributed by atoms with Crippen LogP contribution in [0.15, 0.2) is 71.5 Å². The highest BCUT2D eigenvalue weighted by atomic mass is 16.2. The fourth-order valence-corrected chi connectivity index (χ4v) is 4.49. The SMILES string of the molecule is CCc1ccc(-n2nc(N3CCC[C@@H](C(=O)N[C@@H](C)CCc4ccccc4)C3)ccc2=O)cc1. The van der Waals surface area contributed by atoms with Gasteiger partial charge in [0.15, 0.2) is 0 Å². The predicted octanol–water partition coefficient (Wildman–Crippen LogP) is 4.15. The summed E-state index contributed by atoms with van der Waals surface area (Å²) in [5.74, 6) is 0.751. The average molecular weight is 459 g/mol. The summed E-state index contributed by atoms with van der Waals surface area (Å²) in [6.07, 6.45) is 4.60. The lowest BCUT2D eigenvalue weighted by atomic mass is 9.96. The second-order valence-electron chi connectivity index (χ2n) is 9.18. The molecular formula is C28H34N4O2. The van der Waals surface area contributed by atoms with Crippen LogP contribution < -0.4 is 15.8 Å². The standard InChI is InChI=1S/C28H34N4O2/c1-3-22-13-15-25(16-14-22)32-27(33)18-17-26(30-32)31-19-7-10-24(20-31)28(34)29-21(2)11-12-23-8-5-4-6-9-23/h4-6,8-9,13-18,21,24H,3,7,10-12,19-20H2,1-2H3,(H,29,34)/t21-,24+/m0/s1. The number of benzene rings is 2. The van der Waals surface area contributed by atoms with Crippen LogP contribution in [0.4, 0.5) is 5.82 Å². The molecule has 1 N–H and O–H groups in total. The van der Waals surface area contributed by atoms with E-state index in [1.807, 2.05) is 42.5 Å². The van der Waals surface area contributed by atoms with E-state index >= 15 is 0 Å². The van der Waals surface area contributed by atoms with E-state index in [9.17, 15) is 9.59 Å². The zero-order valence-electron chi connectivity index (χ0n) is 20.1. The van der Waals surface area contributed by atoms with Gasteiger partial charge < -0.3 is 10.2 Å². The number of nitrogens with zero attached hydrogens (tertiary/aromatic N) is 3. The maximum Gasteiger partial charge on any atom is 0.271 e. The van der Waals surface area contributed by atoms with Crippen LogP contribution in [0.5, 0.6) is 0 Å². The molecule has 0 aliphatic carbocycles. The highest BCUT2D eigenvalue weighted by Crippen LogP contribution is 2.22. The molecule has 178 valence electrons. The van der Waals surface area contributed by atoms with E-state index in [0.29, 0.717) is 6.54 Å². The highest BCUT2D eigenvalue weighted by Gasteiger charge is 2.27. The van der Waals surface area contributed by atoms with E-state index in [1.165, 1.54) is 15.8 Å². The quantitative estimate of drug-likeness (QED) is 0.551. The molecule has 4 rings (SSSR count). The number of nitrogens with one attached hydrogen (secondary N) is 1. The van der Waals surface area contributed by atoms with Crippen molar-refractivity contribution in [2.24, 2.45) is 5.92 Å². The molecule has 0 unspecified atom stereocenters. The Balaban J connectivity index is 1.39. The maximum absolute atomic E-state index is 13.0. The lowest BCUT2D eigenvalue weighted by Crippen LogP contribution is -2.46. The van der Waals surface area contributed by atoms with Crippen LogP contribution >= 0.6 is 0 Å². The van der Waals surface area contributed by atoms with Crippen molar-refractivity contribution in [3.8, 4) is 5.69 Å². The van der Waals surface area contributed by atoms with Gasteiger partial charge in [0.25, 0.3) is 5.56 Å². The highest BCUT2D eigenvalue weighted by molar-refractivity contribution is 5.79. The van der Waals surface area contributed by atoms with Gasteiger partial charge in [-0.25, -0.2) is 0 Å². The van der Waals surface area contributed by atoms with Crippen LogP contribution in [0.25, 0.3) is 5.69 Å². The first-order chi connectivity index (χ1) is 16.5. The van der Waals surface area contributed by atoms with Crippen molar-refractivity contribution >= 4 is 11.7 Å². The van der Waals surface area contributed by atoms with Gasteiger partial charge in [-0.15, -0.1) is 5.10 Å². The molecule has 1 fully saturated rings. The molecule has 0 saturated carbocycles. The lowest BCUT2D eigenvalue weighted by Gasteiger charge is -2.33. The van der Waals surface area contributed by atoms with Crippen LogP contribution in [-0.2, 0) is 17.6 Å². The number of rotatable bonds is 8. The molecule has 2 heterocycles. The molecule has 0 bridgehead atoms. The fraction of sp³-hybridized carbons (Fsp3) is 0.393. The zero-order chi connectivity index (χ0) is 23.9. The smallest absolute Gasteiger partial charge is 0.271 e. The third-order valence-corrected chi connectivity index (χ3v) is 6.59. The minimum absolute atomic E-state index is 0.0843. The third-order valence-electron chi connectivity index (χ3n) is 6.59. The summed E-state index contributed by atoms with van der Waals surface area (Å²) in [5, 5.41) is 7.85. The number of hydrogen-bond acceptors (Lipinski definition) is 4. The van der Waals surface area contributed by atoms with Crippen molar-refractivity contribution in [2.45, 2.75) is 52.0 Å². The lowest BCUT2D eigenvalue weighted by molar-refractivity contribution is -0.125. The summed E-state index contributed by atoms with van der Waals surface area (Å²) in [7, 11) is 0. The van der Waals surface area contributed by atoms with Crippen LogP contribution in [0.3, 0.4) is 0 Å². The topological polar surface area (TPSA) is 67.2 Å². The molecule has 1 saturated heterocycles. The molecule has 6 heteroatoms. The van der Waals surface area contributed by atoms with Crippen molar-refractivity contribution in [3.05, 3.63) is 88.2 Å². The molecule has 6 nitrogen and oxygen atoms in total. The van der Waals surface area contributed by atoms with E-state index in [2.05, 4.69) is 41.3 Å². The monoisotopic (exact) mass is 458 g/mol. The zero-order valence-corrected chi connectivity index (χ0v) is 20.1. The molecule has 3 aromatic rings. The number of piperidine rings is 1. The number of aromatic nitrogens is 2. The van der Waals surface area contributed by atoms with Gasteiger partial charge in [0.1, 0.15) is 5.82 Å². The summed E-state index contributed by atoms with van der Waals surface area (Å²) in [5.41, 5.74) is 3.10. The molecular weight excluding hydrogens is 424 g/mol. The number of hydrogen-bond donors (Lipinski definition) is 1. The molecule has 0 spiro atoms. The number of carbonyl (C=O) groups excluding carboxylic acids is 1. The molecule has 2 atom stereocenters. The minimum Gasteiger partial charge on any atom is -0.354 e. The van der Waals surface area contributed by atoms with Gasteiger partial charge >= 0.3 is 0 Å². The molecule has 1 aliphatic heterocycles. The minimum atomic E-state index is -0.161. The average Bonchev–Trinajstić information content (AvgIpc) is 2.88. The Morgan fingerprint density at radius 1 is 1.06 bits per heavy atom. The first-order valence-corrected chi connectivity index (χ1v) is 12.3. The van der Waals surface area contributed by atoms with E-state index < -0.39 is 0 Å². The fourth-order valence-electron chi connectivity index (χ4n) is 4.49. The van der Waals surface area contributed by atoms with Gasteiger partial charge in [0.2, 0.25) is 5.91 Å².